The smallest absolute Gasteiger partial charge is 0.0964 e. The molecule has 0 N–H and O–H groups in total. The van der Waals surface area contributed by atoms with E-state index in [0.717, 1.165) is 47.1 Å². The zero-order valence-corrected chi connectivity index (χ0v) is 10.5. The maximum atomic E-state index is 4.67. The first-order valence-electron chi connectivity index (χ1n) is 6.19. The van der Waals surface area contributed by atoms with Crippen LogP contribution in [0.1, 0.15) is 37.9 Å². The van der Waals surface area contributed by atoms with Crippen LogP contribution in [-0.4, -0.2) is 9.97 Å². The van der Waals surface area contributed by atoms with Crippen LogP contribution in [0, 0.1) is 0 Å². The van der Waals surface area contributed by atoms with Crippen molar-refractivity contribution < 1.29 is 0 Å². The monoisotopic (exact) mass is 226 g/mol. The number of aryl methyl sites for hydroxylation is 1. The maximum Gasteiger partial charge on any atom is 0.0964 e. The highest BCUT2D eigenvalue weighted by molar-refractivity contribution is 5.87. The third kappa shape index (κ3) is 2.36. The lowest BCUT2D eigenvalue weighted by Gasteiger charge is -2.08. The molecule has 0 unspecified atom stereocenters. The first-order chi connectivity index (χ1) is 8.26. The van der Waals surface area contributed by atoms with E-state index in [-0.39, 0.29) is 0 Å². The summed E-state index contributed by atoms with van der Waals surface area (Å²) in [7, 11) is 0. The van der Waals surface area contributed by atoms with Crippen LogP contribution in [0.2, 0.25) is 0 Å². The Bertz CT molecular complexity index is 544. The summed E-state index contributed by atoms with van der Waals surface area (Å²) < 4.78 is 0. The van der Waals surface area contributed by atoms with Crippen LogP contribution in [0.3, 0.4) is 0 Å². The zero-order chi connectivity index (χ0) is 12.3. The van der Waals surface area contributed by atoms with Crippen molar-refractivity contribution in [3.05, 3.63) is 42.2 Å². The molecule has 0 fully saturated rings. The normalized spacial score (nSPS) is 10.7. The van der Waals surface area contributed by atoms with Crippen LogP contribution in [0.25, 0.3) is 16.6 Å². The Hall–Kier alpha value is -1.70. The standard InChI is InChI=1S/C15H18N2/c1-4-6-11(3)13-9-10-16-14-8-7-12(5-2)17-15(13)14/h7-10H,3-6H2,1-2H3. The predicted octanol–water partition coefficient (Wildman–Crippen LogP) is 4.01. The van der Waals surface area contributed by atoms with E-state index in [1.807, 2.05) is 24.4 Å². The molecule has 0 atom stereocenters. The number of aromatic nitrogens is 2. The molecule has 2 rings (SSSR count). The van der Waals surface area contributed by atoms with Crippen molar-refractivity contribution in [1.29, 1.82) is 0 Å². The summed E-state index contributed by atoms with van der Waals surface area (Å²) in [5.74, 6) is 0. The van der Waals surface area contributed by atoms with Gasteiger partial charge in [0.15, 0.2) is 0 Å². The number of hydrogen-bond donors (Lipinski definition) is 0. The molecule has 0 aromatic carbocycles. The van der Waals surface area contributed by atoms with Crippen molar-refractivity contribution in [2.24, 2.45) is 0 Å². The van der Waals surface area contributed by atoms with E-state index in [1.54, 1.807) is 0 Å². The molecule has 88 valence electrons. The van der Waals surface area contributed by atoms with E-state index >= 15 is 0 Å². The Morgan fingerprint density at radius 2 is 2.06 bits per heavy atom. The zero-order valence-electron chi connectivity index (χ0n) is 10.5. The van der Waals surface area contributed by atoms with Gasteiger partial charge >= 0.3 is 0 Å². The summed E-state index contributed by atoms with van der Waals surface area (Å²) in [6.45, 7) is 8.43. The molecule has 0 amide bonds. The highest BCUT2D eigenvalue weighted by Gasteiger charge is 2.06. The van der Waals surface area contributed by atoms with Gasteiger partial charge in [0, 0.05) is 17.5 Å². The van der Waals surface area contributed by atoms with Crippen molar-refractivity contribution in [2.45, 2.75) is 33.1 Å². The van der Waals surface area contributed by atoms with Gasteiger partial charge in [0.25, 0.3) is 0 Å². The fourth-order valence-corrected chi connectivity index (χ4v) is 1.98. The second kappa shape index (κ2) is 5.09. The molecule has 0 aliphatic heterocycles. The van der Waals surface area contributed by atoms with Gasteiger partial charge in [-0.3, -0.25) is 9.97 Å². The third-order valence-electron chi connectivity index (χ3n) is 2.94. The van der Waals surface area contributed by atoms with Gasteiger partial charge in [0.2, 0.25) is 0 Å². The van der Waals surface area contributed by atoms with Crippen molar-refractivity contribution in [3.63, 3.8) is 0 Å². The first-order valence-corrected chi connectivity index (χ1v) is 6.19. The first kappa shape index (κ1) is 11.8. The molecule has 0 saturated heterocycles. The number of hydrogen-bond acceptors (Lipinski definition) is 2. The molecule has 0 radical (unpaired) electrons. The van der Waals surface area contributed by atoms with Gasteiger partial charge in [0.05, 0.1) is 11.0 Å². The number of pyridine rings is 2. The van der Waals surface area contributed by atoms with E-state index in [2.05, 4.69) is 30.4 Å². The van der Waals surface area contributed by atoms with Crippen molar-refractivity contribution in [1.82, 2.24) is 9.97 Å². The lowest BCUT2D eigenvalue weighted by molar-refractivity contribution is 0.974. The van der Waals surface area contributed by atoms with E-state index in [0.29, 0.717) is 0 Å². The molecule has 0 spiro atoms. The van der Waals surface area contributed by atoms with Gasteiger partial charge in [0.1, 0.15) is 0 Å². The molecule has 2 aromatic heterocycles. The molecule has 0 aliphatic carbocycles. The highest BCUT2D eigenvalue weighted by Crippen LogP contribution is 2.24. The van der Waals surface area contributed by atoms with Crippen LogP contribution in [0.5, 0.6) is 0 Å². The van der Waals surface area contributed by atoms with Crippen molar-refractivity contribution >= 4 is 16.6 Å². The molecule has 0 aliphatic rings. The SMILES string of the molecule is C=C(CCC)c1ccnc2ccc(CC)nc12. The Balaban J connectivity index is 2.58. The van der Waals surface area contributed by atoms with Crippen molar-refractivity contribution in [2.75, 3.05) is 0 Å². The lowest BCUT2D eigenvalue weighted by Crippen LogP contribution is -1.94. The number of nitrogens with zero attached hydrogens (tertiary/aromatic N) is 2. The summed E-state index contributed by atoms with van der Waals surface area (Å²) >= 11 is 0. The highest BCUT2D eigenvalue weighted by atomic mass is 14.8. The summed E-state index contributed by atoms with van der Waals surface area (Å²) in [5, 5.41) is 0. The average molecular weight is 226 g/mol. The van der Waals surface area contributed by atoms with Gasteiger partial charge in [-0.2, -0.15) is 0 Å². The average Bonchev–Trinajstić information content (AvgIpc) is 2.37. The third-order valence-corrected chi connectivity index (χ3v) is 2.94. The van der Waals surface area contributed by atoms with Gasteiger partial charge in [-0.05, 0) is 36.6 Å². The van der Waals surface area contributed by atoms with Crippen LogP contribution < -0.4 is 0 Å². The molecular weight excluding hydrogens is 208 g/mol. The Kier molecular flexibility index (Phi) is 3.52. The second-order valence-electron chi connectivity index (χ2n) is 4.24. The van der Waals surface area contributed by atoms with Crippen LogP contribution in [0.15, 0.2) is 31.0 Å². The fraction of sp³-hybridized carbons (Fsp3) is 0.333. The quantitative estimate of drug-likeness (QED) is 0.787. The molecule has 17 heavy (non-hydrogen) atoms. The molecule has 2 aromatic rings. The topological polar surface area (TPSA) is 25.8 Å². The molecule has 2 nitrogen and oxygen atoms in total. The fourth-order valence-electron chi connectivity index (χ4n) is 1.98. The molecule has 2 heteroatoms. The summed E-state index contributed by atoms with van der Waals surface area (Å²) in [6.07, 6.45) is 4.91. The van der Waals surface area contributed by atoms with E-state index in [4.69, 9.17) is 0 Å². The Morgan fingerprint density at radius 1 is 1.24 bits per heavy atom. The summed E-state index contributed by atoms with van der Waals surface area (Å²) in [4.78, 5) is 9.03. The lowest BCUT2D eigenvalue weighted by atomic mass is 10.0. The molecule has 0 bridgehead atoms. The van der Waals surface area contributed by atoms with E-state index in [9.17, 15) is 0 Å². The van der Waals surface area contributed by atoms with Crippen LogP contribution >= 0.6 is 0 Å². The van der Waals surface area contributed by atoms with Crippen LogP contribution in [0.4, 0.5) is 0 Å². The van der Waals surface area contributed by atoms with Gasteiger partial charge in [-0.1, -0.05) is 26.8 Å². The minimum atomic E-state index is 0.949. The molecule has 2 heterocycles. The van der Waals surface area contributed by atoms with E-state index in [1.165, 1.54) is 0 Å². The summed E-state index contributed by atoms with van der Waals surface area (Å²) in [6, 6.07) is 6.11. The summed E-state index contributed by atoms with van der Waals surface area (Å²) in [5.41, 5.74) is 5.35. The molecule has 0 saturated carbocycles. The minimum absolute atomic E-state index is 0.949. The maximum absolute atomic E-state index is 4.67. The Morgan fingerprint density at radius 3 is 2.76 bits per heavy atom. The number of rotatable bonds is 4. The Labute approximate surface area is 102 Å². The largest absolute Gasteiger partial charge is 0.255 e. The minimum Gasteiger partial charge on any atom is -0.255 e. The number of allylic oxidation sites excluding steroid dienone is 1. The van der Waals surface area contributed by atoms with Gasteiger partial charge in [-0.15, -0.1) is 0 Å². The number of fused-ring (bicyclic) bond motifs is 1. The predicted molar refractivity (Wildman–Crippen MR) is 72.9 cm³/mol. The van der Waals surface area contributed by atoms with Gasteiger partial charge < -0.3 is 0 Å². The van der Waals surface area contributed by atoms with E-state index < -0.39 is 0 Å². The molecular formula is C15H18N2. The second-order valence-corrected chi connectivity index (χ2v) is 4.24. The van der Waals surface area contributed by atoms with Gasteiger partial charge in [-0.25, -0.2) is 0 Å². The van der Waals surface area contributed by atoms with Crippen LogP contribution in [-0.2, 0) is 6.42 Å². The van der Waals surface area contributed by atoms with Crippen molar-refractivity contribution in [3.8, 4) is 0 Å².